The first-order valence-corrected chi connectivity index (χ1v) is 14.9. The van der Waals surface area contributed by atoms with E-state index in [1.165, 1.54) is 21.3 Å². The third-order valence-corrected chi connectivity index (χ3v) is 9.10. The summed E-state index contributed by atoms with van der Waals surface area (Å²) in [5.74, 6) is 0.296. The first-order chi connectivity index (χ1) is 19.5. The number of hydrogen-bond donors (Lipinski definition) is 2. The van der Waals surface area contributed by atoms with Gasteiger partial charge in [-0.25, -0.2) is 27.2 Å². The van der Waals surface area contributed by atoms with Crippen LogP contribution in [0.15, 0.2) is 71.9 Å². The second-order valence-corrected chi connectivity index (χ2v) is 13.0. The number of carbonyl (C=O) groups is 1. The Hall–Kier alpha value is -4.43. The number of para-hydroxylation sites is 1. The minimum absolute atomic E-state index is 0.0708. The van der Waals surface area contributed by atoms with E-state index in [0.717, 1.165) is 19.3 Å². The lowest BCUT2D eigenvalue weighted by Crippen LogP contribution is -2.53. The van der Waals surface area contributed by atoms with Gasteiger partial charge in [0.15, 0.2) is 0 Å². The summed E-state index contributed by atoms with van der Waals surface area (Å²) in [7, 11) is -3.92. The van der Waals surface area contributed by atoms with Crippen molar-refractivity contribution in [3.05, 3.63) is 72.6 Å². The number of fused-ring (bicyclic) bond motifs is 1. The van der Waals surface area contributed by atoms with Gasteiger partial charge in [-0.1, -0.05) is 36.4 Å². The quantitative estimate of drug-likeness (QED) is 0.299. The fourth-order valence-electron chi connectivity index (χ4n) is 5.69. The Morgan fingerprint density at radius 2 is 1.83 bits per heavy atom. The molecule has 0 saturated heterocycles. The zero-order chi connectivity index (χ0) is 29.4. The molecule has 2 N–H and O–H groups in total. The van der Waals surface area contributed by atoms with Crippen LogP contribution in [0.2, 0.25) is 0 Å². The van der Waals surface area contributed by atoms with E-state index in [9.17, 15) is 23.6 Å². The fraction of sp³-hybridized carbons (Fsp3) is 0.333. The summed E-state index contributed by atoms with van der Waals surface area (Å²) in [5, 5.41) is 23.8. The predicted molar refractivity (Wildman–Crippen MR) is 156 cm³/mol. The zero-order valence-corrected chi connectivity index (χ0v) is 24.0. The Balaban J connectivity index is 1.52. The lowest BCUT2D eigenvalue weighted by molar-refractivity contribution is 0.0551. The van der Waals surface area contributed by atoms with Gasteiger partial charge in [0.05, 0.1) is 27.9 Å². The van der Waals surface area contributed by atoms with Gasteiger partial charge in [-0.15, -0.1) is 0 Å². The first kappa shape index (κ1) is 28.1. The number of rotatable bonds is 6. The maximum atomic E-state index is 13.6. The molecule has 212 valence electrons. The van der Waals surface area contributed by atoms with Crippen LogP contribution in [-0.4, -0.2) is 56.1 Å². The Kier molecular flexibility index (Phi) is 7.44. The molecule has 0 unspecified atom stereocenters. The number of nitriles is 1. The van der Waals surface area contributed by atoms with Crippen molar-refractivity contribution in [2.24, 2.45) is 0 Å². The van der Waals surface area contributed by atoms with Gasteiger partial charge in [-0.2, -0.15) is 5.26 Å². The normalized spacial score (nSPS) is 17.6. The van der Waals surface area contributed by atoms with Gasteiger partial charge in [-0.05, 0) is 64.7 Å². The Labute approximate surface area is 239 Å². The lowest BCUT2D eigenvalue weighted by atomic mass is 9.88. The molecule has 41 heavy (non-hydrogen) atoms. The highest BCUT2D eigenvalue weighted by atomic mass is 32.2. The molecular formula is C30H32N6O4S. The summed E-state index contributed by atoms with van der Waals surface area (Å²) >= 11 is 0. The summed E-state index contributed by atoms with van der Waals surface area (Å²) < 4.78 is 28.4. The molecule has 0 spiro atoms. The number of nitrogens with zero attached hydrogens (tertiary/aromatic N) is 5. The number of carboxylic acid groups (broad SMARTS) is 1. The molecule has 1 saturated carbocycles. The minimum Gasteiger partial charge on any atom is -0.465 e. The fourth-order valence-corrected chi connectivity index (χ4v) is 7.08. The summed E-state index contributed by atoms with van der Waals surface area (Å²) in [6.07, 6.45) is 5.03. The van der Waals surface area contributed by atoms with Crippen LogP contribution in [0.5, 0.6) is 0 Å². The van der Waals surface area contributed by atoms with Crippen LogP contribution < -0.4 is 5.32 Å². The third-order valence-electron chi connectivity index (χ3n) is 7.42. The van der Waals surface area contributed by atoms with Crippen LogP contribution >= 0.6 is 0 Å². The van der Waals surface area contributed by atoms with Crippen molar-refractivity contribution in [3.8, 4) is 17.3 Å². The topological polar surface area (TPSA) is 141 Å². The van der Waals surface area contributed by atoms with Crippen molar-refractivity contribution in [3.63, 3.8) is 0 Å². The molecule has 0 bridgehead atoms. The number of aromatic nitrogens is 3. The highest BCUT2D eigenvalue weighted by Crippen LogP contribution is 2.35. The van der Waals surface area contributed by atoms with E-state index in [4.69, 9.17) is 4.98 Å². The van der Waals surface area contributed by atoms with E-state index in [1.54, 1.807) is 48.5 Å². The Morgan fingerprint density at radius 3 is 2.51 bits per heavy atom. The highest BCUT2D eigenvalue weighted by Gasteiger charge is 2.36. The average Bonchev–Trinajstić information content (AvgIpc) is 3.33. The smallest absolute Gasteiger partial charge is 0.407 e. The van der Waals surface area contributed by atoms with Gasteiger partial charge in [0.25, 0.3) is 10.0 Å². The van der Waals surface area contributed by atoms with Crippen LogP contribution in [0.25, 0.3) is 22.2 Å². The summed E-state index contributed by atoms with van der Waals surface area (Å²) in [5.41, 5.74) is 0.951. The van der Waals surface area contributed by atoms with Gasteiger partial charge >= 0.3 is 6.09 Å². The predicted octanol–water partition coefficient (Wildman–Crippen LogP) is 5.71. The first-order valence-electron chi connectivity index (χ1n) is 13.5. The van der Waals surface area contributed by atoms with Crippen LogP contribution in [0.4, 0.5) is 10.7 Å². The van der Waals surface area contributed by atoms with Crippen LogP contribution in [-0.2, 0) is 10.0 Å². The monoisotopic (exact) mass is 572 g/mol. The molecule has 2 heterocycles. The Bertz CT molecular complexity index is 1740. The largest absolute Gasteiger partial charge is 0.465 e. The molecule has 10 nitrogen and oxygen atoms in total. The standard InChI is InChI=1S/C30H32N6O4S/c1-30(2,3)36(29(37)38)22-11-9-10-21(16-22)33-28-32-18-20(17-31)27(34-28)25-19-35(26-15-8-7-14-24(25)26)41(39,40)23-12-5-4-6-13-23/h4-8,12-15,18-19,21-22H,9-11,16H2,1-3H3,(H,37,38)(H,32,33,34)/t21-,22+/m1/s1. The van der Waals surface area contributed by atoms with Gasteiger partial charge in [0.1, 0.15) is 6.07 Å². The molecule has 4 aromatic rings. The van der Waals surface area contributed by atoms with E-state index < -0.39 is 21.7 Å². The van der Waals surface area contributed by atoms with Crippen molar-refractivity contribution in [1.29, 1.82) is 5.26 Å². The molecule has 1 fully saturated rings. The number of nitrogens with one attached hydrogen (secondary N) is 1. The van der Waals surface area contributed by atoms with Crippen molar-refractivity contribution in [2.45, 2.75) is 69.0 Å². The van der Waals surface area contributed by atoms with E-state index >= 15 is 0 Å². The molecule has 5 rings (SSSR count). The maximum Gasteiger partial charge on any atom is 0.407 e. The molecular weight excluding hydrogens is 540 g/mol. The van der Waals surface area contributed by atoms with Crippen molar-refractivity contribution in [2.75, 3.05) is 5.32 Å². The zero-order valence-electron chi connectivity index (χ0n) is 23.2. The molecule has 2 aromatic carbocycles. The van der Waals surface area contributed by atoms with Crippen LogP contribution in [0.3, 0.4) is 0 Å². The molecule has 2 aromatic heterocycles. The average molecular weight is 573 g/mol. The number of amides is 1. The van der Waals surface area contributed by atoms with E-state index in [1.807, 2.05) is 26.8 Å². The van der Waals surface area contributed by atoms with Crippen molar-refractivity contribution in [1.82, 2.24) is 18.8 Å². The molecule has 0 aliphatic heterocycles. The SMILES string of the molecule is CC(C)(C)N(C(=O)O)[C@H]1CCC[C@@H](Nc2ncc(C#N)c(-c3cn(S(=O)(=O)c4ccccc4)c4ccccc34)n2)C1. The molecule has 1 aliphatic carbocycles. The van der Waals surface area contributed by atoms with E-state index in [0.29, 0.717) is 34.5 Å². The van der Waals surface area contributed by atoms with Crippen molar-refractivity contribution >= 4 is 33.0 Å². The van der Waals surface area contributed by atoms with Gasteiger partial charge in [0, 0.05) is 34.8 Å². The summed E-state index contributed by atoms with van der Waals surface area (Å²) in [6.45, 7) is 5.67. The Morgan fingerprint density at radius 1 is 1.12 bits per heavy atom. The molecule has 11 heteroatoms. The number of hydrogen-bond acceptors (Lipinski definition) is 7. The van der Waals surface area contributed by atoms with Crippen LogP contribution in [0, 0.1) is 11.3 Å². The molecule has 0 radical (unpaired) electrons. The van der Waals surface area contributed by atoms with Gasteiger partial charge < -0.3 is 15.3 Å². The molecule has 1 amide bonds. The minimum atomic E-state index is -3.92. The van der Waals surface area contributed by atoms with E-state index in [-0.39, 0.29) is 22.5 Å². The van der Waals surface area contributed by atoms with Crippen molar-refractivity contribution < 1.29 is 18.3 Å². The van der Waals surface area contributed by atoms with Gasteiger partial charge in [0.2, 0.25) is 5.95 Å². The third kappa shape index (κ3) is 5.47. The molecule has 1 aliphatic rings. The summed E-state index contributed by atoms with van der Waals surface area (Å²) in [4.78, 5) is 22.8. The van der Waals surface area contributed by atoms with Gasteiger partial charge in [-0.3, -0.25) is 0 Å². The second kappa shape index (κ2) is 10.9. The second-order valence-electron chi connectivity index (χ2n) is 11.2. The number of benzene rings is 2. The van der Waals surface area contributed by atoms with E-state index in [2.05, 4.69) is 16.4 Å². The summed E-state index contributed by atoms with van der Waals surface area (Å²) in [6, 6.07) is 17.2. The lowest BCUT2D eigenvalue weighted by Gasteiger charge is -2.43. The number of anilines is 1. The molecule has 2 atom stereocenters. The highest BCUT2D eigenvalue weighted by molar-refractivity contribution is 7.90. The van der Waals surface area contributed by atoms with Crippen LogP contribution in [0.1, 0.15) is 52.0 Å². The maximum absolute atomic E-state index is 13.6.